The minimum absolute atomic E-state index is 0.241. The van der Waals surface area contributed by atoms with Crippen molar-refractivity contribution < 1.29 is 27.4 Å². The summed E-state index contributed by atoms with van der Waals surface area (Å²) < 4.78 is 51.0. The summed E-state index contributed by atoms with van der Waals surface area (Å²) in [6.45, 7) is 0.271. The van der Waals surface area contributed by atoms with Gasteiger partial charge in [-0.3, -0.25) is 0 Å². The summed E-state index contributed by atoms with van der Waals surface area (Å²) in [4.78, 5) is 11.9. The van der Waals surface area contributed by atoms with Crippen LogP contribution in [-0.4, -0.2) is 19.7 Å². The zero-order chi connectivity index (χ0) is 17.7. The van der Waals surface area contributed by atoms with E-state index in [2.05, 4.69) is 0 Å². The molecular formula is C17H12F3NO3. The lowest BCUT2D eigenvalue weighted by Crippen LogP contribution is -2.14. The van der Waals surface area contributed by atoms with E-state index in [9.17, 15) is 18.0 Å². The summed E-state index contributed by atoms with van der Waals surface area (Å²) in [5, 5.41) is 8.62. The van der Waals surface area contributed by atoms with Crippen LogP contribution in [0.4, 0.5) is 13.2 Å². The maximum Gasteiger partial charge on any atom is 0.349 e. The van der Waals surface area contributed by atoms with Gasteiger partial charge in [0.1, 0.15) is 34.8 Å². The van der Waals surface area contributed by atoms with Gasteiger partial charge in [-0.05, 0) is 36.2 Å². The molecule has 0 spiro atoms. The molecule has 0 N–H and O–H groups in total. The van der Waals surface area contributed by atoms with E-state index >= 15 is 0 Å². The summed E-state index contributed by atoms with van der Waals surface area (Å²) in [6, 6.07) is 6.67. The Labute approximate surface area is 136 Å². The summed E-state index contributed by atoms with van der Waals surface area (Å²) in [5.74, 6) is -4.63. The van der Waals surface area contributed by atoms with Crippen LogP contribution in [0.2, 0.25) is 0 Å². The molecule has 0 heterocycles. The van der Waals surface area contributed by atoms with Gasteiger partial charge in [0.15, 0.2) is 0 Å². The fourth-order valence-electron chi connectivity index (χ4n) is 1.99. The van der Waals surface area contributed by atoms with Gasteiger partial charge < -0.3 is 9.47 Å². The molecule has 0 radical (unpaired) electrons. The lowest BCUT2D eigenvalue weighted by atomic mass is 10.1. The number of carbonyl (C=O) groups is 1. The topological polar surface area (TPSA) is 59.3 Å². The fraction of sp³-hybridized carbons (Fsp3) is 0.176. The van der Waals surface area contributed by atoms with Crippen molar-refractivity contribution in [2.45, 2.75) is 6.42 Å². The molecule has 0 saturated heterocycles. The Morgan fingerprint density at radius 3 is 2.33 bits per heavy atom. The van der Waals surface area contributed by atoms with Gasteiger partial charge in [-0.25, -0.2) is 18.0 Å². The van der Waals surface area contributed by atoms with E-state index in [0.29, 0.717) is 5.56 Å². The van der Waals surface area contributed by atoms with Crippen LogP contribution in [-0.2, 0) is 11.2 Å². The highest BCUT2D eigenvalue weighted by molar-refractivity contribution is 5.91. The summed E-state index contributed by atoms with van der Waals surface area (Å²) in [7, 11) is 1.45. The van der Waals surface area contributed by atoms with E-state index < -0.39 is 29.0 Å². The molecular weight excluding hydrogens is 323 g/mol. The van der Waals surface area contributed by atoms with E-state index in [0.717, 1.165) is 30.3 Å². The van der Waals surface area contributed by atoms with Crippen molar-refractivity contribution in [3.63, 3.8) is 0 Å². The standard InChI is InChI=1S/C17H12F3NO3/c1-23-5-4-10-6-14(19)16(15(20)7-10)17(22)24-12-3-2-11(9-21)13(18)8-12/h2-3,6-8H,4-5H2,1H3. The third-order valence-electron chi connectivity index (χ3n) is 3.17. The van der Waals surface area contributed by atoms with Crippen LogP contribution in [0.25, 0.3) is 0 Å². The highest BCUT2D eigenvalue weighted by Gasteiger charge is 2.21. The molecule has 2 aromatic carbocycles. The van der Waals surface area contributed by atoms with Gasteiger partial charge >= 0.3 is 5.97 Å². The maximum atomic E-state index is 14.0. The van der Waals surface area contributed by atoms with Crippen molar-refractivity contribution in [1.82, 2.24) is 0 Å². The molecule has 0 amide bonds. The van der Waals surface area contributed by atoms with Crippen molar-refractivity contribution in [2.24, 2.45) is 0 Å². The molecule has 0 aliphatic rings. The Morgan fingerprint density at radius 2 is 1.79 bits per heavy atom. The summed E-state index contributed by atoms with van der Waals surface area (Å²) >= 11 is 0. The number of hydrogen-bond donors (Lipinski definition) is 0. The average Bonchev–Trinajstić information content (AvgIpc) is 2.52. The van der Waals surface area contributed by atoms with Crippen LogP contribution in [0, 0.1) is 28.8 Å². The predicted octanol–water partition coefficient (Wildman–Crippen LogP) is 3.38. The van der Waals surface area contributed by atoms with Crippen LogP contribution in [0.5, 0.6) is 5.75 Å². The molecule has 0 bridgehead atoms. The largest absolute Gasteiger partial charge is 0.423 e. The van der Waals surface area contributed by atoms with Gasteiger partial charge in [0, 0.05) is 13.2 Å². The molecule has 2 aromatic rings. The zero-order valence-electron chi connectivity index (χ0n) is 12.6. The molecule has 4 nitrogen and oxygen atoms in total. The molecule has 0 atom stereocenters. The van der Waals surface area contributed by atoms with Gasteiger partial charge in [0.25, 0.3) is 0 Å². The smallest absolute Gasteiger partial charge is 0.349 e. The second-order valence-electron chi connectivity index (χ2n) is 4.82. The first-order chi connectivity index (χ1) is 11.5. The number of esters is 1. The van der Waals surface area contributed by atoms with Crippen LogP contribution >= 0.6 is 0 Å². The second-order valence-corrected chi connectivity index (χ2v) is 4.82. The Balaban J connectivity index is 2.24. The number of nitriles is 1. The second kappa shape index (κ2) is 7.62. The first-order valence-corrected chi connectivity index (χ1v) is 6.85. The van der Waals surface area contributed by atoms with Crippen LogP contribution in [0.15, 0.2) is 30.3 Å². The monoisotopic (exact) mass is 335 g/mol. The number of ether oxygens (including phenoxy) is 2. The van der Waals surface area contributed by atoms with Crippen molar-refractivity contribution in [2.75, 3.05) is 13.7 Å². The first kappa shape index (κ1) is 17.5. The fourth-order valence-corrected chi connectivity index (χ4v) is 1.99. The maximum absolute atomic E-state index is 14.0. The zero-order valence-corrected chi connectivity index (χ0v) is 12.6. The van der Waals surface area contributed by atoms with Crippen LogP contribution < -0.4 is 4.74 Å². The lowest BCUT2D eigenvalue weighted by molar-refractivity contribution is 0.0724. The van der Waals surface area contributed by atoms with Crippen LogP contribution in [0.3, 0.4) is 0 Å². The summed E-state index contributed by atoms with van der Waals surface area (Å²) in [6.07, 6.45) is 0.278. The van der Waals surface area contributed by atoms with Crippen molar-refractivity contribution >= 4 is 5.97 Å². The third-order valence-corrected chi connectivity index (χ3v) is 3.17. The molecule has 0 aliphatic carbocycles. The highest BCUT2D eigenvalue weighted by Crippen LogP contribution is 2.21. The normalized spacial score (nSPS) is 10.3. The quantitative estimate of drug-likeness (QED) is 0.621. The predicted molar refractivity (Wildman–Crippen MR) is 78.0 cm³/mol. The number of nitrogens with zero attached hydrogens (tertiary/aromatic N) is 1. The number of hydrogen-bond acceptors (Lipinski definition) is 4. The lowest BCUT2D eigenvalue weighted by Gasteiger charge is -2.09. The van der Waals surface area contributed by atoms with E-state index in [1.807, 2.05) is 0 Å². The molecule has 2 rings (SSSR count). The Hall–Kier alpha value is -2.85. The Morgan fingerprint density at radius 1 is 1.12 bits per heavy atom. The van der Waals surface area contributed by atoms with Crippen molar-refractivity contribution in [1.29, 1.82) is 5.26 Å². The average molecular weight is 335 g/mol. The first-order valence-electron chi connectivity index (χ1n) is 6.85. The minimum atomic E-state index is -1.30. The van der Waals surface area contributed by atoms with Gasteiger partial charge in [-0.1, -0.05) is 0 Å². The number of benzene rings is 2. The van der Waals surface area contributed by atoms with E-state index in [4.69, 9.17) is 14.7 Å². The van der Waals surface area contributed by atoms with Gasteiger partial charge in [-0.2, -0.15) is 5.26 Å². The number of methoxy groups -OCH3 is 1. The molecule has 0 saturated carbocycles. The van der Waals surface area contributed by atoms with E-state index in [-0.39, 0.29) is 24.3 Å². The molecule has 24 heavy (non-hydrogen) atoms. The van der Waals surface area contributed by atoms with E-state index in [1.165, 1.54) is 7.11 Å². The van der Waals surface area contributed by atoms with Gasteiger partial charge in [0.05, 0.1) is 12.2 Å². The molecule has 124 valence electrons. The van der Waals surface area contributed by atoms with Crippen molar-refractivity contribution in [3.8, 4) is 11.8 Å². The highest BCUT2D eigenvalue weighted by atomic mass is 19.1. The SMILES string of the molecule is COCCc1cc(F)c(C(=O)Oc2ccc(C#N)c(F)c2)c(F)c1. The van der Waals surface area contributed by atoms with E-state index in [1.54, 1.807) is 6.07 Å². The number of halogens is 3. The Bertz CT molecular complexity index is 792. The van der Waals surface area contributed by atoms with Gasteiger partial charge in [-0.15, -0.1) is 0 Å². The van der Waals surface area contributed by atoms with Gasteiger partial charge in [0.2, 0.25) is 0 Å². The number of carbonyl (C=O) groups excluding carboxylic acids is 1. The molecule has 0 aromatic heterocycles. The van der Waals surface area contributed by atoms with Crippen LogP contribution in [0.1, 0.15) is 21.5 Å². The minimum Gasteiger partial charge on any atom is -0.423 e. The molecule has 7 heteroatoms. The third kappa shape index (κ3) is 3.91. The molecule has 0 unspecified atom stereocenters. The Kier molecular flexibility index (Phi) is 5.55. The van der Waals surface area contributed by atoms with Crippen molar-refractivity contribution in [3.05, 3.63) is 64.5 Å². The molecule has 0 aliphatic heterocycles. The summed E-state index contributed by atoms with van der Waals surface area (Å²) in [5.41, 5.74) is -0.789. The number of rotatable bonds is 5. The molecule has 0 fully saturated rings.